The van der Waals surface area contributed by atoms with Crippen molar-refractivity contribution < 1.29 is 23.4 Å². The molecule has 0 spiro atoms. The average molecular weight is 484 g/mol. The van der Waals surface area contributed by atoms with Gasteiger partial charge in [0.15, 0.2) is 0 Å². The number of aliphatic carboxylic acids is 1. The highest BCUT2D eigenvalue weighted by atomic mass is 35.5. The summed E-state index contributed by atoms with van der Waals surface area (Å²) in [5.74, 6) is -0.846. The summed E-state index contributed by atoms with van der Waals surface area (Å²) in [6.45, 7) is 5.37. The number of carbonyl (C=O) groups is 1. The molecule has 0 aliphatic carbocycles. The third-order valence-electron chi connectivity index (χ3n) is 5.78. The molecule has 2 heterocycles. The van der Waals surface area contributed by atoms with Crippen LogP contribution >= 0.6 is 23.4 Å². The predicted octanol–water partition coefficient (Wildman–Crippen LogP) is 6.54. The summed E-state index contributed by atoms with van der Waals surface area (Å²) in [6, 6.07) is 4.58. The number of halogens is 3. The maximum atomic E-state index is 12.9. The van der Waals surface area contributed by atoms with Crippen LogP contribution in [0.1, 0.15) is 32.8 Å². The Kier molecular flexibility index (Phi) is 8.06. The molecular weight excluding hydrogens is 456 g/mol. The van der Waals surface area contributed by atoms with Gasteiger partial charge < -0.3 is 9.84 Å². The third kappa shape index (κ3) is 6.59. The van der Waals surface area contributed by atoms with Crippen molar-refractivity contribution in [2.75, 3.05) is 19.6 Å². The first-order valence-electron chi connectivity index (χ1n) is 10.5. The molecule has 2 atom stereocenters. The van der Waals surface area contributed by atoms with Gasteiger partial charge >= 0.3 is 12.6 Å². The molecule has 0 saturated carbocycles. The molecule has 1 aromatic carbocycles. The molecule has 1 saturated heterocycles. The number of nitrogens with zero attached hydrogens (tertiary/aromatic N) is 1. The van der Waals surface area contributed by atoms with Crippen molar-refractivity contribution in [3.63, 3.8) is 0 Å². The summed E-state index contributed by atoms with van der Waals surface area (Å²) in [5.41, 5.74) is 0.500. The second-order valence-electron chi connectivity index (χ2n) is 9.20. The van der Waals surface area contributed by atoms with E-state index in [4.69, 9.17) is 16.3 Å². The Morgan fingerprint density at radius 1 is 1.28 bits per heavy atom. The van der Waals surface area contributed by atoms with Crippen LogP contribution in [0.3, 0.4) is 0 Å². The highest BCUT2D eigenvalue weighted by Crippen LogP contribution is 2.42. The summed E-state index contributed by atoms with van der Waals surface area (Å²) in [4.78, 5) is 15.7. The molecule has 2 aliphatic heterocycles. The summed E-state index contributed by atoms with van der Waals surface area (Å²) in [7, 11) is 0. The van der Waals surface area contributed by atoms with Gasteiger partial charge in [0.1, 0.15) is 5.75 Å². The molecule has 0 radical (unpaired) electrons. The lowest BCUT2D eigenvalue weighted by atomic mass is 9.73. The molecule has 2 aliphatic rings. The zero-order valence-corrected chi connectivity index (χ0v) is 19.9. The summed E-state index contributed by atoms with van der Waals surface area (Å²) in [6.07, 6.45) is 8.22. The van der Waals surface area contributed by atoms with Crippen molar-refractivity contribution in [1.29, 1.82) is 0 Å². The maximum Gasteiger partial charge on any atom is 0.387 e. The molecule has 3 rings (SSSR count). The lowest BCUT2D eigenvalue weighted by molar-refractivity contribution is -0.145. The monoisotopic (exact) mass is 483 g/mol. The molecule has 0 amide bonds. The number of hydrogen-bond acceptors (Lipinski definition) is 4. The van der Waals surface area contributed by atoms with Crippen LogP contribution in [-0.4, -0.2) is 42.2 Å². The van der Waals surface area contributed by atoms with Gasteiger partial charge in [0.05, 0.1) is 5.92 Å². The Morgan fingerprint density at radius 3 is 2.66 bits per heavy atom. The molecule has 4 nitrogen and oxygen atoms in total. The number of alkyl halides is 2. The highest BCUT2D eigenvalue weighted by molar-refractivity contribution is 8.11. The second-order valence-corrected chi connectivity index (χ2v) is 10.8. The zero-order chi connectivity index (χ0) is 23.5. The Balaban J connectivity index is 1.80. The van der Waals surface area contributed by atoms with Gasteiger partial charge in [0.25, 0.3) is 0 Å². The van der Waals surface area contributed by atoms with E-state index in [0.717, 1.165) is 16.4 Å². The van der Waals surface area contributed by atoms with Crippen LogP contribution in [0.2, 0.25) is 5.02 Å². The fourth-order valence-corrected chi connectivity index (χ4v) is 5.25. The first kappa shape index (κ1) is 24.8. The molecule has 32 heavy (non-hydrogen) atoms. The van der Waals surface area contributed by atoms with Gasteiger partial charge in [-0.2, -0.15) is 8.78 Å². The van der Waals surface area contributed by atoms with E-state index < -0.39 is 18.5 Å². The number of thioether (sulfide) groups is 1. The molecule has 174 valence electrons. The zero-order valence-electron chi connectivity index (χ0n) is 18.4. The Hall–Kier alpha value is -1.83. The van der Waals surface area contributed by atoms with Gasteiger partial charge in [0.2, 0.25) is 0 Å². The molecule has 8 heteroatoms. The van der Waals surface area contributed by atoms with Crippen LogP contribution in [0.15, 0.2) is 47.4 Å². The molecule has 0 aromatic heterocycles. The SMILES string of the molecule is CC(C)(C)[C@@H]1C[C@@H](C(=O)O)CN(CC2=CC=CC=C(c3cc(Cl)ccc3OC(F)F)S2)C1. The van der Waals surface area contributed by atoms with Crippen LogP contribution in [0.25, 0.3) is 4.91 Å². The van der Waals surface area contributed by atoms with Crippen molar-refractivity contribution in [3.8, 4) is 5.75 Å². The maximum absolute atomic E-state index is 12.9. The van der Waals surface area contributed by atoms with Crippen LogP contribution in [0, 0.1) is 17.3 Å². The van der Waals surface area contributed by atoms with E-state index in [9.17, 15) is 18.7 Å². The minimum Gasteiger partial charge on any atom is -0.481 e. The quantitative estimate of drug-likeness (QED) is 0.498. The smallest absolute Gasteiger partial charge is 0.387 e. The van der Waals surface area contributed by atoms with Crippen molar-refractivity contribution in [2.45, 2.75) is 33.8 Å². The van der Waals surface area contributed by atoms with Gasteiger partial charge in [-0.3, -0.25) is 9.69 Å². The molecule has 1 aromatic rings. The van der Waals surface area contributed by atoms with Gasteiger partial charge in [-0.1, -0.05) is 62.4 Å². The van der Waals surface area contributed by atoms with Crippen molar-refractivity contribution >= 4 is 34.2 Å². The Bertz CT molecular complexity index is 940. The van der Waals surface area contributed by atoms with Crippen LogP contribution in [-0.2, 0) is 4.79 Å². The van der Waals surface area contributed by atoms with E-state index in [2.05, 4.69) is 25.7 Å². The molecule has 0 bridgehead atoms. The Labute approximate surface area is 197 Å². The minimum absolute atomic E-state index is 0.00458. The summed E-state index contributed by atoms with van der Waals surface area (Å²) in [5, 5.41) is 10.1. The second kappa shape index (κ2) is 10.4. The van der Waals surface area contributed by atoms with Crippen LogP contribution in [0.4, 0.5) is 8.78 Å². The van der Waals surface area contributed by atoms with Gasteiger partial charge in [0, 0.05) is 40.0 Å². The van der Waals surface area contributed by atoms with E-state index in [0.29, 0.717) is 30.1 Å². The van der Waals surface area contributed by atoms with E-state index in [1.807, 2.05) is 24.3 Å². The Morgan fingerprint density at radius 2 is 2.00 bits per heavy atom. The first-order valence-corrected chi connectivity index (χ1v) is 11.7. The number of ether oxygens (including phenoxy) is 1. The molecule has 1 N–H and O–H groups in total. The number of carboxylic acids is 1. The molecule has 1 fully saturated rings. The highest BCUT2D eigenvalue weighted by Gasteiger charge is 2.37. The fourth-order valence-electron chi connectivity index (χ4n) is 3.98. The summed E-state index contributed by atoms with van der Waals surface area (Å²) >= 11 is 7.59. The topological polar surface area (TPSA) is 49.8 Å². The lowest BCUT2D eigenvalue weighted by Gasteiger charge is -2.42. The number of piperidine rings is 1. The number of likely N-dealkylation sites (tertiary alicyclic amines) is 1. The predicted molar refractivity (Wildman–Crippen MR) is 126 cm³/mol. The molecule has 0 unspecified atom stereocenters. The normalized spacial score (nSPS) is 22.3. The first-order chi connectivity index (χ1) is 15.0. The van der Waals surface area contributed by atoms with Crippen molar-refractivity contribution in [2.24, 2.45) is 17.3 Å². The van der Waals surface area contributed by atoms with E-state index in [1.165, 1.54) is 23.9 Å². The van der Waals surface area contributed by atoms with Gasteiger partial charge in [-0.05, 0) is 42.0 Å². The van der Waals surface area contributed by atoms with Crippen molar-refractivity contribution in [3.05, 3.63) is 58.0 Å². The minimum atomic E-state index is -2.94. The van der Waals surface area contributed by atoms with E-state index in [1.54, 1.807) is 6.07 Å². The average Bonchev–Trinajstić information content (AvgIpc) is 2.93. The van der Waals surface area contributed by atoms with E-state index in [-0.39, 0.29) is 17.1 Å². The van der Waals surface area contributed by atoms with Crippen LogP contribution in [0.5, 0.6) is 5.75 Å². The van der Waals surface area contributed by atoms with E-state index >= 15 is 0 Å². The van der Waals surface area contributed by atoms with Crippen LogP contribution < -0.4 is 4.74 Å². The van der Waals surface area contributed by atoms with Gasteiger partial charge in [-0.25, -0.2) is 0 Å². The lowest BCUT2D eigenvalue weighted by Crippen LogP contribution is -2.47. The molecular formula is C24H28ClF2NO3S. The number of rotatable bonds is 6. The standard InChI is InChI=1S/C24H28ClF2NO3S/c1-24(2,3)16-10-15(22(29)30)12-28(13-16)14-18-6-4-5-7-21(32-18)19-11-17(25)8-9-20(19)31-23(26)27/h4-9,11,15-16,23H,10,12-14H2,1-3H3,(H,29,30)/t15-,16-/m1/s1. The number of carboxylic acid groups (broad SMARTS) is 1. The number of benzene rings is 1. The largest absolute Gasteiger partial charge is 0.481 e. The number of allylic oxidation sites excluding steroid dienone is 4. The fraction of sp³-hybridized carbons (Fsp3) is 0.458. The van der Waals surface area contributed by atoms with Gasteiger partial charge in [-0.15, -0.1) is 0 Å². The summed E-state index contributed by atoms with van der Waals surface area (Å²) < 4.78 is 30.5. The third-order valence-corrected chi connectivity index (χ3v) is 7.12. The van der Waals surface area contributed by atoms with Crippen molar-refractivity contribution in [1.82, 2.24) is 4.90 Å². The number of hydrogen-bond donors (Lipinski definition) is 1.